The van der Waals surface area contributed by atoms with E-state index in [9.17, 15) is 13.2 Å². The van der Waals surface area contributed by atoms with Crippen LogP contribution in [-0.4, -0.2) is 28.3 Å². The summed E-state index contributed by atoms with van der Waals surface area (Å²) in [6.45, 7) is 8.84. The van der Waals surface area contributed by atoms with Gasteiger partial charge in [0, 0.05) is 25.3 Å². The molecular weight excluding hydrogens is 494 g/mol. The van der Waals surface area contributed by atoms with E-state index in [0.29, 0.717) is 18.1 Å². The highest BCUT2D eigenvalue weighted by Gasteiger charge is 2.30. The lowest BCUT2D eigenvalue weighted by atomic mass is 10.1. The van der Waals surface area contributed by atoms with Crippen LogP contribution in [0.4, 0.5) is 13.2 Å². The first-order valence-electron chi connectivity index (χ1n) is 9.31. The Morgan fingerprint density at radius 2 is 1.97 bits per heavy atom. The minimum Gasteiger partial charge on any atom is -0.357 e. The smallest absolute Gasteiger partial charge is 0.357 e. The molecule has 0 spiro atoms. The number of aromatic nitrogens is 2. The van der Waals surface area contributed by atoms with E-state index >= 15 is 0 Å². The number of nitrogens with one attached hydrogen (secondary N) is 2. The van der Waals surface area contributed by atoms with Gasteiger partial charge in [0.1, 0.15) is 0 Å². The van der Waals surface area contributed by atoms with Crippen LogP contribution in [0.1, 0.15) is 41.9 Å². The van der Waals surface area contributed by atoms with Gasteiger partial charge in [-0.1, -0.05) is 12.1 Å². The van der Waals surface area contributed by atoms with Crippen LogP contribution in [0.5, 0.6) is 0 Å². The number of nitrogens with zero attached hydrogens (tertiary/aromatic N) is 3. The summed E-state index contributed by atoms with van der Waals surface area (Å²) < 4.78 is 40.5. The van der Waals surface area contributed by atoms with Gasteiger partial charge in [0.25, 0.3) is 0 Å². The van der Waals surface area contributed by atoms with Crippen LogP contribution in [-0.2, 0) is 26.2 Å². The summed E-state index contributed by atoms with van der Waals surface area (Å²) in [5, 5.41) is 10.9. The highest BCUT2D eigenvalue weighted by Crippen LogP contribution is 2.29. The van der Waals surface area contributed by atoms with Gasteiger partial charge >= 0.3 is 6.18 Å². The number of aliphatic imine (C=N–C) groups is 1. The molecule has 9 heteroatoms. The van der Waals surface area contributed by atoms with Gasteiger partial charge in [0.05, 0.1) is 17.8 Å². The van der Waals surface area contributed by atoms with Gasteiger partial charge in [-0.05, 0) is 57.4 Å². The molecular formula is C20H29F3IN5. The van der Waals surface area contributed by atoms with E-state index in [0.717, 1.165) is 29.9 Å². The predicted octanol–water partition coefficient (Wildman–Crippen LogP) is 4.36. The molecule has 0 saturated heterocycles. The second-order valence-electron chi connectivity index (χ2n) is 6.92. The molecule has 0 bridgehead atoms. The third kappa shape index (κ3) is 7.20. The first-order valence-corrected chi connectivity index (χ1v) is 9.31. The van der Waals surface area contributed by atoms with E-state index in [1.807, 2.05) is 39.4 Å². The molecule has 0 radical (unpaired) electrons. The molecule has 2 aromatic rings. The van der Waals surface area contributed by atoms with Gasteiger partial charge in [-0.3, -0.25) is 4.68 Å². The molecule has 2 N–H and O–H groups in total. The zero-order chi connectivity index (χ0) is 20.9. The maximum atomic E-state index is 12.9. The minimum atomic E-state index is -4.35. The highest BCUT2D eigenvalue weighted by molar-refractivity contribution is 14.0. The summed E-state index contributed by atoms with van der Waals surface area (Å²) in [6.07, 6.45) is -3.57. The van der Waals surface area contributed by atoms with E-state index in [2.05, 4.69) is 20.7 Å². The maximum absolute atomic E-state index is 12.9. The van der Waals surface area contributed by atoms with Crippen molar-refractivity contribution in [3.05, 3.63) is 52.3 Å². The number of aryl methyl sites for hydroxylation is 2. The summed E-state index contributed by atoms with van der Waals surface area (Å²) in [4.78, 5) is 4.44. The van der Waals surface area contributed by atoms with Gasteiger partial charge in [-0.25, -0.2) is 4.99 Å². The maximum Gasteiger partial charge on any atom is 0.416 e. The van der Waals surface area contributed by atoms with Crippen molar-refractivity contribution in [3.63, 3.8) is 0 Å². The zero-order valence-electron chi connectivity index (χ0n) is 17.4. The molecule has 0 aliphatic heterocycles. The Morgan fingerprint density at radius 3 is 2.52 bits per heavy atom. The van der Waals surface area contributed by atoms with Crippen molar-refractivity contribution in [2.75, 3.05) is 6.54 Å². The fraction of sp³-hybridized carbons (Fsp3) is 0.500. The Balaban J connectivity index is 0.00000420. The fourth-order valence-electron chi connectivity index (χ4n) is 3.04. The second kappa shape index (κ2) is 10.8. The van der Waals surface area contributed by atoms with Crippen LogP contribution in [0.15, 0.2) is 29.3 Å². The van der Waals surface area contributed by atoms with E-state index in [-0.39, 0.29) is 36.6 Å². The third-order valence-corrected chi connectivity index (χ3v) is 4.57. The second-order valence-corrected chi connectivity index (χ2v) is 6.92. The summed E-state index contributed by atoms with van der Waals surface area (Å²) in [5.41, 5.74) is 3.17. The lowest BCUT2D eigenvalue weighted by molar-refractivity contribution is -0.137. The normalized spacial score (nSPS) is 13.0. The Labute approximate surface area is 187 Å². The van der Waals surface area contributed by atoms with Crippen molar-refractivity contribution in [2.45, 2.75) is 52.9 Å². The van der Waals surface area contributed by atoms with Crippen molar-refractivity contribution in [1.29, 1.82) is 0 Å². The standard InChI is InChI=1S/C20H28F3N5.HI/c1-6-24-19(25-12-16-8-7-9-17(11-16)20(21,22)23)26-13(2)10-18-14(3)27-28(5)15(18)4;/h7-9,11,13H,6,10,12H2,1-5H3,(H2,24,25,26);1H. The average molecular weight is 523 g/mol. The quantitative estimate of drug-likeness (QED) is 0.336. The molecule has 29 heavy (non-hydrogen) atoms. The summed E-state index contributed by atoms with van der Waals surface area (Å²) >= 11 is 0. The van der Waals surface area contributed by atoms with Gasteiger partial charge < -0.3 is 10.6 Å². The molecule has 2 rings (SSSR count). The van der Waals surface area contributed by atoms with Gasteiger partial charge in [0.2, 0.25) is 0 Å². The van der Waals surface area contributed by atoms with Crippen molar-refractivity contribution in [2.24, 2.45) is 12.0 Å². The van der Waals surface area contributed by atoms with Crippen molar-refractivity contribution >= 4 is 29.9 Å². The Kier molecular flexibility index (Phi) is 9.44. The first kappa shape index (κ1) is 25.3. The molecule has 0 aliphatic carbocycles. The largest absolute Gasteiger partial charge is 0.416 e. The SMILES string of the molecule is CCNC(=NCc1cccc(C(F)(F)F)c1)NC(C)Cc1c(C)nn(C)c1C.I. The van der Waals surface area contributed by atoms with Crippen molar-refractivity contribution in [3.8, 4) is 0 Å². The number of benzene rings is 1. The van der Waals surface area contributed by atoms with Crippen LogP contribution < -0.4 is 10.6 Å². The van der Waals surface area contributed by atoms with E-state index in [1.54, 1.807) is 6.07 Å². The Bertz CT molecular complexity index is 830. The average Bonchev–Trinajstić information content (AvgIpc) is 2.85. The molecule has 1 heterocycles. The predicted molar refractivity (Wildman–Crippen MR) is 121 cm³/mol. The molecule has 1 aromatic heterocycles. The number of guanidine groups is 1. The molecule has 5 nitrogen and oxygen atoms in total. The van der Waals surface area contributed by atoms with Crippen molar-refractivity contribution < 1.29 is 13.2 Å². The van der Waals surface area contributed by atoms with E-state index in [1.165, 1.54) is 11.6 Å². The van der Waals surface area contributed by atoms with Crippen LogP contribution in [0.3, 0.4) is 0 Å². The molecule has 1 unspecified atom stereocenters. The van der Waals surface area contributed by atoms with Crippen LogP contribution in [0.25, 0.3) is 0 Å². The first-order chi connectivity index (χ1) is 13.1. The molecule has 162 valence electrons. The van der Waals surface area contributed by atoms with Crippen LogP contribution in [0, 0.1) is 13.8 Å². The lowest BCUT2D eigenvalue weighted by Crippen LogP contribution is -2.43. The summed E-state index contributed by atoms with van der Waals surface area (Å²) in [5.74, 6) is 0.576. The Hall–Kier alpha value is -1.78. The minimum absolute atomic E-state index is 0. The van der Waals surface area contributed by atoms with Crippen LogP contribution in [0.2, 0.25) is 0 Å². The van der Waals surface area contributed by atoms with Gasteiger partial charge in [-0.2, -0.15) is 18.3 Å². The molecule has 1 atom stereocenters. The highest BCUT2D eigenvalue weighted by atomic mass is 127. The van der Waals surface area contributed by atoms with Crippen molar-refractivity contribution in [1.82, 2.24) is 20.4 Å². The fourth-order valence-corrected chi connectivity index (χ4v) is 3.04. The summed E-state index contributed by atoms with van der Waals surface area (Å²) in [7, 11) is 1.92. The summed E-state index contributed by atoms with van der Waals surface area (Å²) in [6, 6.07) is 5.34. The van der Waals surface area contributed by atoms with Crippen LogP contribution >= 0.6 is 24.0 Å². The topological polar surface area (TPSA) is 54.2 Å². The number of rotatable bonds is 6. The molecule has 1 aromatic carbocycles. The Morgan fingerprint density at radius 1 is 1.28 bits per heavy atom. The number of hydrogen-bond donors (Lipinski definition) is 2. The molecule has 0 aliphatic rings. The van der Waals surface area contributed by atoms with Gasteiger partial charge in [-0.15, -0.1) is 24.0 Å². The molecule has 0 amide bonds. The monoisotopic (exact) mass is 523 g/mol. The third-order valence-electron chi connectivity index (χ3n) is 4.57. The number of alkyl halides is 3. The molecule has 0 fully saturated rings. The number of hydrogen-bond acceptors (Lipinski definition) is 2. The lowest BCUT2D eigenvalue weighted by Gasteiger charge is -2.18. The van der Waals surface area contributed by atoms with E-state index in [4.69, 9.17) is 0 Å². The zero-order valence-corrected chi connectivity index (χ0v) is 19.7. The molecule has 0 saturated carbocycles. The number of halogens is 4. The van der Waals surface area contributed by atoms with Gasteiger partial charge in [0.15, 0.2) is 5.96 Å². The van der Waals surface area contributed by atoms with E-state index < -0.39 is 11.7 Å².